The molecule has 13 heavy (non-hydrogen) atoms. The highest BCUT2D eigenvalue weighted by atomic mass is 35.5. The van der Waals surface area contributed by atoms with Crippen LogP contribution in [-0.2, 0) is 0 Å². The van der Waals surface area contributed by atoms with Crippen molar-refractivity contribution >= 4 is 22.5 Å². The van der Waals surface area contributed by atoms with Gasteiger partial charge in [0.25, 0.3) is 10.9 Å². The molecule has 6 heteroatoms. The molecule has 5 nitrogen and oxygen atoms in total. The standard InChI is InChI=1S/C7H4ClNO4/c8-7(11)5-2-1-4(9(12)13)3-6(5)10/h1-3,10H. The van der Waals surface area contributed by atoms with Crippen LogP contribution in [0.25, 0.3) is 0 Å². The quantitative estimate of drug-likeness (QED) is 0.448. The minimum atomic E-state index is -0.854. The van der Waals surface area contributed by atoms with Crippen LogP contribution in [-0.4, -0.2) is 15.3 Å². The predicted octanol–water partition coefficient (Wildman–Crippen LogP) is 1.68. The largest absolute Gasteiger partial charge is 0.507 e. The van der Waals surface area contributed by atoms with Gasteiger partial charge in [-0.25, -0.2) is 0 Å². The second-order valence-corrected chi connectivity index (χ2v) is 2.58. The van der Waals surface area contributed by atoms with Gasteiger partial charge < -0.3 is 5.11 Å². The van der Waals surface area contributed by atoms with Crippen LogP contribution >= 0.6 is 11.6 Å². The Bertz CT molecular complexity index is 377. The van der Waals surface area contributed by atoms with E-state index in [2.05, 4.69) is 0 Å². The maximum absolute atomic E-state index is 10.6. The maximum atomic E-state index is 10.6. The number of halogens is 1. The molecule has 0 aromatic heterocycles. The van der Waals surface area contributed by atoms with E-state index in [9.17, 15) is 14.9 Å². The fourth-order valence-electron chi connectivity index (χ4n) is 0.800. The molecule has 1 aromatic carbocycles. The number of carbonyl (C=O) groups excluding carboxylic acids is 1. The highest BCUT2D eigenvalue weighted by Crippen LogP contribution is 2.24. The van der Waals surface area contributed by atoms with Gasteiger partial charge in [-0.3, -0.25) is 14.9 Å². The number of non-ortho nitro benzene ring substituents is 1. The first-order valence-corrected chi connectivity index (χ1v) is 3.57. The lowest BCUT2D eigenvalue weighted by Gasteiger charge is -1.97. The van der Waals surface area contributed by atoms with Crippen molar-refractivity contribution in [3.63, 3.8) is 0 Å². The SMILES string of the molecule is O=C(Cl)c1ccc([N+](=O)[O-])cc1O. The smallest absolute Gasteiger partial charge is 0.273 e. The van der Waals surface area contributed by atoms with Crippen LogP contribution < -0.4 is 0 Å². The van der Waals surface area contributed by atoms with E-state index in [-0.39, 0.29) is 11.3 Å². The van der Waals surface area contributed by atoms with Gasteiger partial charge in [0.15, 0.2) is 0 Å². The number of benzene rings is 1. The molecule has 0 saturated carbocycles. The zero-order chi connectivity index (χ0) is 10.0. The first-order valence-electron chi connectivity index (χ1n) is 3.19. The fraction of sp³-hybridized carbons (Fsp3) is 0. The topological polar surface area (TPSA) is 80.4 Å². The lowest BCUT2D eigenvalue weighted by molar-refractivity contribution is -0.384. The molecular formula is C7H4ClNO4. The normalized spacial score (nSPS) is 9.62. The highest BCUT2D eigenvalue weighted by Gasteiger charge is 2.13. The molecule has 1 aromatic rings. The van der Waals surface area contributed by atoms with E-state index < -0.39 is 15.9 Å². The number of hydrogen-bond acceptors (Lipinski definition) is 4. The Kier molecular flexibility index (Phi) is 2.48. The van der Waals surface area contributed by atoms with E-state index in [4.69, 9.17) is 16.7 Å². The Morgan fingerprint density at radius 3 is 2.54 bits per heavy atom. The van der Waals surface area contributed by atoms with Crippen molar-refractivity contribution in [1.82, 2.24) is 0 Å². The number of rotatable bonds is 2. The van der Waals surface area contributed by atoms with E-state index in [0.29, 0.717) is 0 Å². The zero-order valence-corrected chi connectivity index (χ0v) is 6.99. The monoisotopic (exact) mass is 201 g/mol. The van der Waals surface area contributed by atoms with Gasteiger partial charge in [-0.2, -0.15) is 0 Å². The summed E-state index contributed by atoms with van der Waals surface area (Å²) in [6, 6.07) is 3.06. The van der Waals surface area contributed by atoms with Crippen molar-refractivity contribution < 1.29 is 14.8 Å². The Morgan fingerprint density at radius 1 is 1.54 bits per heavy atom. The second-order valence-electron chi connectivity index (χ2n) is 2.23. The summed E-state index contributed by atoms with van der Waals surface area (Å²) >= 11 is 5.07. The third-order valence-electron chi connectivity index (χ3n) is 1.40. The van der Waals surface area contributed by atoms with Gasteiger partial charge in [0.05, 0.1) is 16.6 Å². The predicted molar refractivity (Wildman–Crippen MR) is 44.9 cm³/mol. The molecule has 0 bridgehead atoms. The maximum Gasteiger partial charge on any atom is 0.273 e. The van der Waals surface area contributed by atoms with Gasteiger partial charge in [-0.05, 0) is 17.7 Å². The van der Waals surface area contributed by atoms with Crippen molar-refractivity contribution in [2.45, 2.75) is 0 Å². The molecule has 0 aliphatic heterocycles. The van der Waals surface area contributed by atoms with Crippen molar-refractivity contribution in [2.75, 3.05) is 0 Å². The van der Waals surface area contributed by atoms with Crippen LogP contribution in [0.4, 0.5) is 5.69 Å². The Balaban J connectivity index is 3.20. The van der Waals surface area contributed by atoms with Gasteiger partial charge in [0, 0.05) is 6.07 Å². The number of nitrogens with zero attached hydrogens (tertiary/aromatic N) is 1. The van der Waals surface area contributed by atoms with E-state index in [0.717, 1.165) is 18.2 Å². The Morgan fingerprint density at radius 2 is 2.15 bits per heavy atom. The second kappa shape index (κ2) is 3.40. The summed E-state index contributed by atoms with van der Waals surface area (Å²) in [6.07, 6.45) is 0. The van der Waals surface area contributed by atoms with Gasteiger partial charge >= 0.3 is 0 Å². The summed E-state index contributed by atoms with van der Waals surface area (Å²) in [5.74, 6) is -0.491. The summed E-state index contributed by atoms with van der Waals surface area (Å²) in [6.45, 7) is 0. The first kappa shape index (κ1) is 9.47. The van der Waals surface area contributed by atoms with Crippen LogP contribution in [0.2, 0.25) is 0 Å². The summed E-state index contributed by atoms with van der Waals surface area (Å²) in [5.41, 5.74) is -0.438. The van der Waals surface area contributed by atoms with Crippen LogP contribution in [0.3, 0.4) is 0 Å². The third kappa shape index (κ3) is 1.94. The van der Waals surface area contributed by atoms with Crippen molar-refractivity contribution in [2.24, 2.45) is 0 Å². The number of nitro groups is 1. The number of aromatic hydroxyl groups is 1. The lowest BCUT2D eigenvalue weighted by atomic mass is 10.2. The molecule has 0 radical (unpaired) electrons. The van der Waals surface area contributed by atoms with Gasteiger partial charge in [-0.1, -0.05) is 0 Å². The third-order valence-corrected chi connectivity index (χ3v) is 1.61. The molecule has 68 valence electrons. The molecule has 0 atom stereocenters. The number of phenols is 1. The average molecular weight is 202 g/mol. The molecule has 0 spiro atoms. The van der Waals surface area contributed by atoms with Crippen molar-refractivity contribution in [3.05, 3.63) is 33.9 Å². The summed E-state index contributed by atoms with van der Waals surface area (Å²) in [5, 5.41) is 18.5. The number of hydrogen-bond donors (Lipinski definition) is 1. The molecule has 0 fully saturated rings. The van der Waals surface area contributed by atoms with Gasteiger partial charge in [-0.15, -0.1) is 0 Å². The van der Waals surface area contributed by atoms with Gasteiger partial charge in [0.2, 0.25) is 0 Å². The van der Waals surface area contributed by atoms with Crippen LogP contribution in [0, 0.1) is 10.1 Å². The van der Waals surface area contributed by atoms with E-state index in [1.807, 2.05) is 0 Å². The van der Waals surface area contributed by atoms with Crippen molar-refractivity contribution in [3.8, 4) is 5.75 Å². The van der Waals surface area contributed by atoms with Crippen LogP contribution in [0.1, 0.15) is 10.4 Å². The number of phenolic OH excluding ortho intramolecular Hbond substituents is 1. The molecule has 0 aliphatic carbocycles. The highest BCUT2D eigenvalue weighted by molar-refractivity contribution is 6.68. The molecule has 1 rings (SSSR count). The first-order chi connectivity index (χ1) is 6.02. The minimum absolute atomic E-state index is 0.146. The fourth-order valence-corrected chi connectivity index (χ4v) is 0.960. The molecule has 0 aliphatic rings. The van der Waals surface area contributed by atoms with Crippen molar-refractivity contribution in [1.29, 1.82) is 0 Å². The van der Waals surface area contributed by atoms with Crippen LogP contribution in [0.15, 0.2) is 18.2 Å². The molecular weight excluding hydrogens is 198 g/mol. The van der Waals surface area contributed by atoms with E-state index in [1.165, 1.54) is 0 Å². The summed E-state index contributed by atoms with van der Waals surface area (Å²) in [7, 11) is 0. The van der Waals surface area contributed by atoms with Gasteiger partial charge in [0.1, 0.15) is 5.75 Å². The van der Waals surface area contributed by atoms with E-state index in [1.54, 1.807) is 0 Å². The molecule has 0 heterocycles. The molecule has 0 amide bonds. The minimum Gasteiger partial charge on any atom is -0.507 e. The average Bonchev–Trinajstić information content (AvgIpc) is 2.03. The number of nitro benzene ring substituents is 1. The van der Waals surface area contributed by atoms with Crippen LogP contribution in [0.5, 0.6) is 5.75 Å². The molecule has 1 N–H and O–H groups in total. The lowest BCUT2D eigenvalue weighted by Crippen LogP contribution is -1.92. The molecule has 0 saturated heterocycles. The van der Waals surface area contributed by atoms with E-state index >= 15 is 0 Å². The number of carbonyl (C=O) groups is 1. The summed E-state index contributed by atoms with van der Waals surface area (Å²) < 4.78 is 0. The Hall–Kier alpha value is -1.62. The Labute approximate surface area is 77.7 Å². The summed E-state index contributed by atoms with van der Waals surface area (Å²) in [4.78, 5) is 20.1. The molecule has 0 unspecified atom stereocenters. The zero-order valence-electron chi connectivity index (χ0n) is 6.23.